The molecule has 0 aliphatic heterocycles. The maximum Gasteiger partial charge on any atom is 0.469 e. The summed E-state index contributed by atoms with van der Waals surface area (Å²) in [5.74, 6) is 1.43. The van der Waals surface area contributed by atoms with Crippen molar-refractivity contribution in [2.75, 3.05) is 12.3 Å². The van der Waals surface area contributed by atoms with Gasteiger partial charge in [0.05, 0.1) is 18.2 Å². The predicted molar refractivity (Wildman–Crippen MR) is 161 cm³/mol. The number of aliphatic hydroxyl groups excluding tert-OH is 1. The van der Waals surface area contributed by atoms with Crippen molar-refractivity contribution in [2.24, 2.45) is 0 Å². The van der Waals surface area contributed by atoms with Crippen LogP contribution in [0.25, 0.3) is 6.08 Å². The molecule has 218 valence electrons. The SMILES string of the molecule is C/C(=C(CCOP(=O)(O)O)/[SH]=C(O)\C=C\c1ccc(OCc2ccccc2)cc1)N(C=O)Cc1cnc(C)nc1N. The Bertz CT molecular complexity index is 1460. The number of aromatic nitrogens is 2. The first-order chi connectivity index (χ1) is 19.5. The lowest BCUT2D eigenvalue weighted by Crippen LogP contribution is -2.22. The number of allylic oxidation sites excluding steroid dienone is 1. The van der Waals surface area contributed by atoms with E-state index < -0.39 is 7.82 Å². The number of phosphoric acid groups is 1. The Hall–Kier alpha value is -3.64. The van der Waals surface area contributed by atoms with Crippen LogP contribution in [0.1, 0.15) is 35.9 Å². The highest BCUT2D eigenvalue weighted by Gasteiger charge is 2.16. The molecule has 0 saturated heterocycles. The van der Waals surface area contributed by atoms with Crippen molar-refractivity contribution in [1.82, 2.24) is 14.9 Å². The number of anilines is 1. The summed E-state index contributed by atoms with van der Waals surface area (Å²) in [6.45, 7) is 3.54. The molecule has 1 aromatic heterocycles. The summed E-state index contributed by atoms with van der Waals surface area (Å²) in [5, 5.41) is 10.6. The Morgan fingerprint density at radius 1 is 1.15 bits per heavy atom. The van der Waals surface area contributed by atoms with Gasteiger partial charge >= 0.3 is 7.82 Å². The summed E-state index contributed by atoms with van der Waals surface area (Å²) in [6, 6.07) is 17.2. The van der Waals surface area contributed by atoms with Gasteiger partial charge in [0.25, 0.3) is 0 Å². The highest BCUT2D eigenvalue weighted by atomic mass is 32.1. The van der Waals surface area contributed by atoms with Crippen molar-refractivity contribution >= 4 is 42.5 Å². The minimum absolute atomic E-state index is 0.0358. The first kappa shape index (κ1) is 31.9. The van der Waals surface area contributed by atoms with E-state index in [0.717, 1.165) is 11.1 Å². The lowest BCUT2D eigenvalue weighted by atomic mass is 10.2. The number of aryl methyl sites for hydroxylation is 1. The molecule has 1 heterocycles. The normalized spacial score (nSPS) is 13.0. The molecule has 5 N–H and O–H groups in total. The second kappa shape index (κ2) is 15.4. The van der Waals surface area contributed by atoms with E-state index in [0.29, 0.717) is 52.1 Å². The van der Waals surface area contributed by atoms with Gasteiger partial charge in [-0.15, -0.1) is 11.4 Å². The lowest BCUT2D eigenvalue weighted by Gasteiger charge is -2.21. The van der Waals surface area contributed by atoms with E-state index in [1.165, 1.54) is 17.2 Å². The average molecular weight is 601 g/mol. The third-order valence-corrected chi connectivity index (χ3v) is 7.45. The van der Waals surface area contributed by atoms with Gasteiger partial charge in [0.15, 0.2) is 0 Å². The Labute approximate surface area is 242 Å². The molecule has 3 aromatic rings. The molecule has 0 unspecified atom stereocenters. The smallest absolute Gasteiger partial charge is 0.469 e. The Balaban J connectivity index is 1.76. The fourth-order valence-corrected chi connectivity index (χ4v) is 4.81. The first-order valence-electron chi connectivity index (χ1n) is 12.5. The van der Waals surface area contributed by atoms with Crippen LogP contribution >= 0.6 is 19.2 Å². The third-order valence-electron chi connectivity index (χ3n) is 5.74. The number of nitrogen functional groups attached to an aromatic ring is 1. The van der Waals surface area contributed by atoms with E-state index in [4.69, 9.17) is 20.3 Å². The van der Waals surface area contributed by atoms with Gasteiger partial charge in [-0.3, -0.25) is 9.32 Å². The fourth-order valence-electron chi connectivity index (χ4n) is 3.56. The van der Waals surface area contributed by atoms with Gasteiger partial charge in [-0.1, -0.05) is 48.5 Å². The molecule has 13 heteroatoms. The molecule has 0 bridgehead atoms. The second-order valence-electron chi connectivity index (χ2n) is 8.81. The van der Waals surface area contributed by atoms with Crippen LogP contribution < -0.4 is 10.5 Å². The zero-order valence-corrected chi connectivity index (χ0v) is 24.4. The number of carbonyl (C=O) groups excluding carboxylic acids is 1. The molecular formula is C28H33N4O7PS. The summed E-state index contributed by atoms with van der Waals surface area (Å²) in [4.78, 5) is 40.2. The van der Waals surface area contributed by atoms with Crippen LogP contribution in [0.2, 0.25) is 0 Å². The molecule has 3 rings (SSSR count). The number of nitrogens with two attached hydrogens (primary N) is 1. The molecule has 0 aliphatic rings. The average Bonchev–Trinajstić information content (AvgIpc) is 2.94. The second-order valence-corrected chi connectivity index (χ2v) is 11.3. The Morgan fingerprint density at radius 2 is 1.85 bits per heavy atom. The van der Waals surface area contributed by atoms with Gasteiger partial charge in [0, 0.05) is 28.8 Å². The van der Waals surface area contributed by atoms with Crippen LogP contribution in [0.4, 0.5) is 5.82 Å². The largest absolute Gasteiger partial charge is 0.489 e. The molecule has 11 nitrogen and oxygen atoms in total. The Kier molecular flexibility index (Phi) is 12.0. The molecule has 0 radical (unpaired) electrons. The van der Waals surface area contributed by atoms with E-state index in [9.17, 15) is 14.5 Å². The van der Waals surface area contributed by atoms with Gasteiger partial charge in [0.1, 0.15) is 24.0 Å². The third kappa shape index (κ3) is 11.0. The van der Waals surface area contributed by atoms with Crippen molar-refractivity contribution < 1.29 is 33.5 Å². The molecular weight excluding hydrogens is 567 g/mol. The molecule has 1 amide bonds. The number of carbonyl (C=O) groups is 1. The van der Waals surface area contributed by atoms with Crippen molar-refractivity contribution in [1.29, 1.82) is 0 Å². The first-order valence-corrected chi connectivity index (χ1v) is 14.9. The summed E-state index contributed by atoms with van der Waals surface area (Å²) in [5.41, 5.74) is 8.83. The van der Waals surface area contributed by atoms with Gasteiger partial charge in [0.2, 0.25) is 6.41 Å². The van der Waals surface area contributed by atoms with E-state index >= 15 is 0 Å². The molecule has 0 fully saturated rings. The molecule has 0 aliphatic carbocycles. The highest BCUT2D eigenvalue weighted by molar-refractivity contribution is 8.02. The van der Waals surface area contributed by atoms with Crippen molar-refractivity contribution in [3.05, 3.63) is 100.0 Å². The zero-order chi connectivity index (χ0) is 29.8. The van der Waals surface area contributed by atoms with Gasteiger partial charge in [-0.25, -0.2) is 14.5 Å². The molecule has 0 atom stereocenters. The van der Waals surface area contributed by atoms with Crippen molar-refractivity contribution in [3.63, 3.8) is 0 Å². The topological polar surface area (TPSA) is 168 Å². The number of hydrogen-bond acceptors (Lipinski definition) is 7. The maximum atomic E-state index is 12.0. The minimum atomic E-state index is -4.70. The van der Waals surface area contributed by atoms with Crippen LogP contribution in [0, 0.1) is 6.92 Å². The van der Waals surface area contributed by atoms with Crippen LogP contribution in [0.15, 0.2) is 77.5 Å². The Morgan fingerprint density at radius 3 is 2.49 bits per heavy atom. The van der Waals surface area contributed by atoms with E-state index in [1.54, 1.807) is 19.9 Å². The number of ether oxygens (including phenoxy) is 1. The number of rotatable bonds is 14. The quantitative estimate of drug-likeness (QED) is 0.0584. The number of aliphatic hydroxyl groups is 1. The number of thiol groups is 1. The standard InChI is InChI=1S/C28H33N4O7PS/c1-20(32(19-33)17-24-16-30-21(2)31-28(24)29)26(14-15-39-40(35,36)37)41-27(34)13-10-22-8-11-25(12-9-22)38-18-23-6-4-3-5-7-23/h3-13,16,19,34,41H,14-15,17-18H2,1-2H3,(H2,29,30,31)(H2,35,36,37)/b13-10+,26-20-. The highest BCUT2D eigenvalue weighted by Crippen LogP contribution is 2.36. The number of nitrogens with zero attached hydrogens (tertiary/aromatic N) is 3. The van der Waals surface area contributed by atoms with Crippen LogP contribution in [-0.2, 0) is 27.0 Å². The number of benzene rings is 2. The number of amides is 1. The molecule has 0 spiro atoms. The lowest BCUT2D eigenvalue weighted by molar-refractivity contribution is -0.116. The van der Waals surface area contributed by atoms with E-state index in [2.05, 4.69) is 14.5 Å². The van der Waals surface area contributed by atoms with Gasteiger partial charge < -0.3 is 30.3 Å². The van der Waals surface area contributed by atoms with Crippen LogP contribution in [-0.4, -0.2) is 47.8 Å². The van der Waals surface area contributed by atoms with Gasteiger partial charge in [-0.05, 0) is 43.2 Å². The summed E-state index contributed by atoms with van der Waals surface area (Å²) >= 11 is 0.318. The fraction of sp³-hybridized carbons (Fsp3) is 0.214. The number of phosphoric ester groups is 1. The molecule has 41 heavy (non-hydrogen) atoms. The van der Waals surface area contributed by atoms with E-state index in [1.807, 2.05) is 54.6 Å². The predicted octanol–water partition coefficient (Wildman–Crippen LogP) is 4.50. The minimum Gasteiger partial charge on any atom is -0.489 e. The zero-order valence-electron chi connectivity index (χ0n) is 22.6. The van der Waals surface area contributed by atoms with Crippen LogP contribution in [0.3, 0.4) is 0 Å². The monoisotopic (exact) mass is 600 g/mol. The maximum absolute atomic E-state index is 12.0. The summed E-state index contributed by atoms with van der Waals surface area (Å²) in [7, 11) is -4.70. The number of hydrogen-bond donors (Lipinski definition) is 5. The molecule has 2 aromatic carbocycles. The van der Waals surface area contributed by atoms with Gasteiger partial charge in [-0.2, -0.15) is 0 Å². The van der Waals surface area contributed by atoms with Crippen LogP contribution in [0.5, 0.6) is 5.75 Å². The van der Waals surface area contributed by atoms with E-state index in [-0.39, 0.29) is 30.4 Å². The molecule has 0 saturated carbocycles. The summed E-state index contributed by atoms with van der Waals surface area (Å²) < 4.78 is 21.6. The summed E-state index contributed by atoms with van der Waals surface area (Å²) in [6.07, 6.45) is 5.39. The van der Waals surface area contributed by atoms with Crippen molar-refractivity contribution in [2.45, 2.75) is 33.4 Å². The van der Waals surface area contributed by atoms with Crippen molar-refractivity contribution in [3.8, 4) is 5.75 Å².